The molecule has 0 N–H and O–H groups in total. The van der Waals surface area contributed by atoms with Crippen LogP contribution in [0.15, 0.2) is 22.6 Å². The van der Waals surface area contributed by atoms with Gasteiger partial charge in [0, 0.05) is 6.21 Å². The lowest BCUT2D eigenvalue weighted by molar-refractivity contribution is -0.138. The van der Waals surface area contributed by atoms with Gasteiger partial charge in [-0.15, -0.1) is 0 Å². The van der Waals surface area contributed by atoms with E-state index in [1.54, 1.807) is 20.8 Å². The van der Waals surface area contributed by atoms with Gasteiger partial charge in [0.15, 0.2) is 0 Å². The minimum atomic E-state index is -4.39. The highest BCUT2D eigenvalue weighted by atomic mass is 32.2. The van der Waals surface area contributed by atoms with Crippen LogP contribution in [0, 0.1) is 6.92 Å². The zero-order valence-electron chi connectivity index (χ0n) is 11.2. The molecule has 0 aliphatic heterocycles. The van der Waals surface area contributed by atoms with Gasteiger partial charge in [-0.05, 0) is 44.9 Å². The molecule has 106 valence electrons. The fourth-order valence-electron chi connectivity index (χ4n) is 1.36. The third-order valence-electron chi connectivity index (χ3n) is 2.49. The molecule has 1 rings (SSSR count). The van der Waals surface area contributed by atoms with E-state index in [0.717, 1.165) is 6.07 Å². The number of hydrogen-bond donors (Lipinski definition) is 0. The largest absolute Gasteiger partial charge is 0.416 e. The molecule has 0 spiro atoms. The molecule has 0 fully saturated rings. The topological polar surface area (TPSA) is 29.4 Å². The lowest BCUT2D eigenvalue weighted by atomic mass is 10.0. The standard InChI is InChI=1S/C13H16F3NOS/c1-9-10(8-17-19(18)12(2,3)4)6-5-7-11(9)13(14,15)16/h5-8H,1-4H3/b17-8+/t19-/m0/s1. The van der Waals surface area contributed by atoms with E-state index >= 15 is 0 Å². The van der Waals surface area contributed by atoms with E-state index in [1.165, 1.54) is 25.3 Å². The van der Waals surface area contributed by atoms with Crippen molar-refractivity contribution in [2.45, 2.75) is 38.6 Å². The first kappa shape index (κ1) is 15.9. The first-order valence-corrected chi connectivity index (χ1v) is 6.77. The van der Waals surface area contributed by atoms with Crippen molar-refractivity contribution in [3.63, 3.8) is 0 Å². The maximum absolute atomic E-state index is 12.7. The minimum absolute atomic E-state index is 0.0876. The zero-order valence-corrected chi connectivity index (χ0v) is 12.0. The molecule has 0 aliphatic carbocycles. The summed E-state index contributed by atoms with van der Waals surface area (Å²) >= 11 is 0. The Morgan fingerprint density at radius 1 is 1.21 bits per heavy atom. The van der Waals surface area contributed by atoms with Gasteiger partial charge >= 0.3 is 6.18 Å². The number of hydrogen-bond acceptors (Lipinski definition) is 1. The summed E-state index contributed by atoms with van der Waals surface area (Å²) in [6, 6.07) is 3.86. The monoisotopic (exact) mass is 291 g/mol. The number of nitrogens with zero attached hydrogens (tertiary/aromatic N) is 1. The van der Waals surface area contributed by atoms with Crippen LogP contribution in [0.4, 0.5) is 13.2 Å². The average Bonchev–Trinajstić information content (AvgIpc) is 2.24. The number of rotatable bonds is 2. The van der Waals surface area contributed by atoms with Crippen molar-refractivity contribution < 1.29 is 17.4 Å². The van der Waals surface area contributed by atoms with E-state index in [9.17, 15) is 17.4 Å². The molecule has 0 saturated carbocycles. The fraction of sp³-hybridized carbons (Fsp3) is 0.462. The molecule has 0 aliphatic rings. The van der Waals surface area contributed by atoms with Gasteiger partial charge in [0.25, 0.3) is 0 Å². The molecule has 19 heavy (non-hydrogen) atoms. The second kappa shape index (κ2) is 5.45. The van der Waals surface area contributed by atoms with Crippen molar-refractivity contribution in [1.82, 2.24) is 0 Å². The third-order valence-corrected chi connectivity index (χ3v) is 3.84. The van der Waals surface area contributed by atoms with E-state index in [4.69, 9.17) is 0 Å². The second-order valence-electron chi connectivity index (χ2n) is 5.11. The molecule has 0 heterocycles. The summed E-state index contributed by atoms with van der Waals surface area (Å²) in [5, 5.41) is 0. The Kier molecular flexibility index (Phi) is 4.55. The van der Waals surface area contributed by atoms with Gasteiger partial charge in [0.2, 0.25) is 0 Å². The average molecular weight is 291 g/mol. The molecule has 0 unspecified atom stereocenters. The molecular formula is C13H16F3NOS. The van der Waals surface area contributed by atoms with Crippen LogP contribution in [0.25, 0.3) is 0 Å². The van der Waals surface area contributed by atoms with Crippen molar-refractivity contribution in [1.29, 1.82) is 0 Å². The van der Waals surface area contributed by atoms with Gasteiger partial charge < -0.3 is 0 Å². The number of benzene rings is 1. The van der Waals surface area contributed by atoms with Crippen LogP contribution < -0.4 is 0 Å². The Balaban J connectivity index is 3.11. The Labute approximate surface area is 113 Å². The van der Waals surface area contributed by atoms with Gasteiger partial charge in [-0.25, -0.2) is 4.21 Å². The molecule has 0 saturated heterocycles. The summed E-state index contributed by atoms with van der Waals surface area (Å²) in [6.07, 6.45) is -3.15. The molecule has 0 amide bonds. The van der Waals surface area contributed by atoms with Gasteiger partial charge in [-0.3, -0.25) is 0 Å². The molecule has 0 aromatic heterocycles. The van der Waals surface area contributed by atoms with Gasteiger partial charge in [-0.1, -0.05) is 12.1 Å². The number of alkyl halides is 3. The van der Waals surface area contributed by atoms with Crippen molar-refractivity contribution in [2.75, 3.05) is 0 Å². The van der Waals surface area contributed by atoms with Crippen LogP contribution in [0.3, 0.4) is 0 Å². The predicted molar refractivity (Wildman–Crippen MR) is 71.7 cm³/mol. The second-order valence-corrected chi connectivity index (χ2v) is 7.05. The van der Waals surface area contributed by atoms with Crippen LogP contribution in [-0.2, 0) is 17.2 Å². The first-order valence-electron chi connectivity index (χ1n) is 5.66. The SMILES string of the molecule is Cc1c(/C=N/[S@@](=O)C(C)(C)C)cccc1C(F)(F)F. The van der Waals surface area contributed by atoms with Gasteiger partial charge in [-0.2, -0.15) is 17.6 Å². The van der Waals surface area contributed by atoms with E-state index in [0.29, 0.717) is 5.56 Å². The Hall–Kier alpha value is -1.17. The highest BCUT2D eigenvalue weighted by Gasteiger charge is 2.32. The predicted octanol–water partition coefficient (Wildman–Crippen LogP) is 3.89. The molecule has 1 aromatic carbocycles. The van der Waals surface area contributed by atoms with E-state index < -0.39 is 27.5 Å². The Bertz CT molecular complexity index is 516. The molecule has 2 nitrogen and oxygen atoms in total. The summed E-state index contributed by atoms with van der Waals surface area (Å²) in [5.74, 6) is 0. The maximum atomic E-state index is 12.7. The smallest absolute Gasteiger partial charge is 0.234 e. The molecule has 0 bridgehead atoms. The summed E-state index contributed by atoms with van der Waals surface area (Å²) < 4.78 is 53.2. The van der Waals surface area contributed by atoms with Crippen LogP contribution in [0.5, 0.6) is 0 Å². The van der Waals surface area contributed by atoms with Crippen LogP contribution >= 0.6 is 0 Å². The lowest BCUT2D eigenvalue weighted by Gasteiger charge is -2.14. The normalized spacial score (nSPS) is 14.9. The van der Waals surface area contributed by atoms with Crippen molar-refractivity contribution >= 4 is 17.2 Å². The zero-order chi connectivity index (χ0) is 14.8. The summed E-state index contributed by atoms with van der Waals surface area (Å²) in [7, 11) is -1.49. The molecule has 1 atom stereocenters. The van der Waals surface area contributed by atoms with Crippen molar-refractivity contribution in [2.24, 2.45) is 4.40 Å². The third kappa shape index (κ3) is 4.16. The van der Waals surface area contributed by atoms with Crippen LogP contribution in [0.1, 0.15) is 37.5 Å². The Morgan fingerprint density at radius 3 is 2.26 bits per heavy atom. The highest BCUT2D eigenvalue weighted by Crippen LogP contribution is 2.32. The van der Waals surface area contributed by atoms with Crippen LogP contribution in [-0.4, -0.2) is 15.2 Å². The van der Waals surface area contributed by atoms with E-state index in [2.05, 4.69) is 4.40 Å². The molecular weight excluding hydrogens is 275 g/mol. The minimum Gasteiger partial charge on any atom is -0.234 e. The van der Waals surface area contributed by atoms with Gasteiger partial charge in [0.05, 0.1) is 10.3 Å². The van der Waals surface area contributed by atoms with Gasteiger partial charge in [0.1, 0.15) is 11.0 Å². The van der Waals surface area contributed by atoms with Crippen LogP contribution in [0.2, 0.25) is 0 Å². The Morgan fingerprint density at radius 2 is 1.79 bits per heavy atom. The molecule has 6 heteroatoms. The molecule has 0 radical (unpaired) electrons. The summed E-state index contributed by atoms with van der Waals surface area (Å²) in [6.45, 7) is 6.63. The first-order chi connectivity index (χ1) is 8.53. The van der Waals surface area contributed by atoms with Crippen molar-refractivity contribution in [3.05, 3.63) is 34.9 Å². The number of halogens is 3. The lowest BCUT2D eigenvalue weighted by Crippen LogP contribution is -2.19. The van der Waals surface area contributed by atoms with E-state index in [1.807, 2.05) is 0 Å². The van der Waals surface area contributed by atoms with Crippen molar-refractivity contribution in [3.8, 4) is 0 Å². The molecule has 1 aromatic rings. The quantitative estimate of drug-likeness (QED) is 0.760. The fourth-order valence-corrected chi connectivity index (χ4v) is 1.89. The highest BCUT2D eigenvalue weighted by molar-refractivity contribution is 7.85. The summed E-state index contributed by atoms with van der Waals surface area (Å²) in [4.78, 5) is 0. The summed E-state index contributed by atoms with van der Waals surface area (Å²) in [5.41, 5.74) is -0.282. The maximum Gasteiger partial charge on any atom is 0.416 e. The van der Waals surface area contributed by atoms with E-state index in [-0.39, 0.29) is 5.56 Å².